The Kier molecular flexibility index (Phi) is 3.71. The SMILES string of the molecule is CC(C)(C)c1ccc(Oc2ccc3c(c2)CCCC3)nc1. The van der Waals surface area contributed by atoms with E-state index < -0.39 is 0 Å². The molecule has 0 fully saturated rings. The van der Waals surface area contributed by atoms with Crippen molar-refractivity contribution in [2.24, 2.45) is 0 Å². The number of aromatic nitrogens is 1. The zero-order valence-corrected chi connectivity index (χ0v) is 13.1. The Morgan fingerprint density at radius 1 is 0.952 bits per heavy atom. The van der Waals surface area contributed by atoms with Gasteiger partial charge in [0.25, 0.3) is 0 Å². The van der Waals surface area contributed by atoms with E-state index in [1.54, 1.807) is 0 Å². The Hall–Kier alpha value is -1.83. The molecule has 1 aromatic carbocycles. The van der Waals surface area contributed by atoms with Crippen LogP contribution in [0.15, 0.2) is 36.5 Å². The molecule has 0 saturated carbocycles. The molecule has 1 aliphatic carbocycles. The summed E-state index contributed by atoms with van der Waals surface area (Å²) in [5.74, 6) is 1.56. The fourth-order valence-electron chi connectivity index (χ4n) is 2.78. The van der Waals surface area contributed by atoms with E-state index in [-0.39, 0.29) is 5.41 Å². The van der Waals surface area contributed by atoms with Crippen molar-refractivity contribution in [3.05, 3.63) is 53.2 Å². The number of pyridine rings is 1. The maximum absolute atomic E-state index is 5.90. The summed E-state index contributed by atoms with van der Waals surface area (Å²) in [6.07, 6.45) is 6.88. The van der Waals surface area contributed by atoms with Crippen LogP contribution in [-0.4, -0.2) is 4.98 Å². The van der Waals surface area contributed by atoms with Crippen LogP contribution in [0.25, 0.3) is 0 Å². The lowest BCUT2D eigenvalue weighted by molar-refractivity contribution is 0.459. The summed E-state index contributed by atoms with van der Waals surface area (Å²) in [7, 11) is 0. The minimum Gasteiger partial charge on any atom is -0.439 e. The molecule has 0 N–H and O–H groups in total. The minimum atomic E-state index is 0.122. The zero-order valence-electron chi connectivity index (χ0n) is 13.1. The van der Waals surface area contributed by atoms with Gasteiger partial charge in [0.2, 0.25) is 5.88 Å². The zero-order chi connectivity index (χ0) is 14.9. The van der Waals surface area contributed by atoms with Crippen molar-refractivity contribution in [1.29, 1.82) is 0 Å². The summed E-state index contributed by atoms with van der Waals surface area (Å²) in [5.41, 5.74) is 4.26. The average Bonchev–Trinajstić information content (AvgIpc) is 2.47. The molecule has 2 aromatic rings. The molecule has 2 heteroatoms. The normalized spacial score (nSPS) is 14.6. The lowest BCUT2D eigenvalue weighted by Crippen LogP contribution is -2.11. The molecule has 1 heterocycles. The van der Waals surface area contributed by atoms with Crippen LogP contribution < -0.4 is 4.74 Å². The molecule has 110 valence electrons. The van der Waals surface area contributed by atoms with Crippen LogP contribution in [0, 0.1) is 0 Å². The Morgan fingerprint density at radius 2 is 1.71 bits per heavy atom. The van der Waals surface area contributed by atoms with Gasteiger partial charge in [-0.3, -0.25) is 0 Å². The smallest absolute Gasteiger partial charge is 0.219 e. The number of nitrogens with zero attached hydrogens (tertiary/aromatic N) is 1. The molecule has 0 aliphatic heterocycles. The van der Waals surface area contributed by atoms with Crippen LogP contribution in [-0.2, 0) is 18.3 Å². The highest BCUT2D eigenvalue weighted by Crippen LogP contribution is 2.28. The first-order valence-corrected chi connectivity index (χ1v) is 7.78. The summed E-state index contributed by atoms with van der Waals surface area (Å²) >= 11 is 0. The van der Waals surface area contributed by atoms with Gasteiger partial charge in [-0.2, -0.15) is 0 Å². The minimum absolute atomic E-state index is 0.122. The van der Waals surface area contributed by atoms with Crippen LogP contribution in [0.1, 0.15) is 50.3 Å². The number of benzene rings is 1. The Bertz CT molecular complexity index is 623. The van der Waals surface area contributed by atoms with Gasteiger partial charge in [0.15, 0.2) is 0 Å². The van der Waals surface area contributed by atoms with Gasteiger partial charge >= 0.3 is 0 Å². The summed E-state index contributed by atoms with van der Waals surface area (Å²) in [6, 6.07) is 10.5. The standard InChI is InChI=1S/C19H23NO/c1-19(2,3)16-9-11-18(20-13-16)21-17-10-8-14-6-4-5-7-15(14)12-17/h8-13H,4-7H2,1-3H3. The molecule has 1 aliphatic rings. The van der Waals surface area contributed by atoms with Crippen molar-refractivity contribution in [3.63, 3.8) is 0 Å². The predicted molar refractivity (Wildman–Crippen MR) is 86.1 cm³/mol. The van der Waals surface area contributed by atoms with Gasteiger partial charge in [-0.05, 0) is 59.9 Å². The van der Waals surface area contributed by atoms with Gasteiger partial charge in [-0.15, -0.1) is 0 Å². The second-order valence-corrected chi connectivity index (χ2v) is 6.87. The highest BCUT2D eigenvalue weighted by molar-refractivity contribution is 5.38. The fraction of sp³-hybridized carbons (Fsp3) is 0.421. The largest absolute Gasteiger partial charge is 0.439 e. The van der Waals surface area contributed by atoms with Crippen molar-refractivity contribution < 1.29 is 4.74 Å². The van der Waals surface area contributed by atoms with Gasteiger partial charge in [-0.25, -0.2) is 4.98 Å². The fourth-order valence-corrected chi connectivity index (χ4v) is 2.78. The molecule has 0 bridgehead atoms. The molecule has 1 aromatic heterocycles. The molecule has 3 rings (SSSR count). The average molecular weight is 281 g/mol. The molecule has 0 unspecified atom stereocenters. The van der Waals surface area contributed by atoms with Crippen molar-refractivity contribution in [2.45, 2.75) is 51.9 Å². The van der Waals surface area contributed by atoms with E-state index in [1.165, 1.54) is 42.4 Å². The molecule has 0 radical (unpaired) electrons. The quantitative estimate of drug-likeness (QED) is 0.768. The van der Waals surface area contributed by atoms with Crippen LogP contribution in [0.2, 0.25) is 0 Å². The third kappa shape index (κ3) is 3.26. The molecule has 0 spiro atoms. The van der Waals surface area contributed by atoms with Gasteiger partial charge in [-0.1, -0.05) is 32.9 Å². The van der Waals surface area contributed by atoms with Gasteiger partial charge in [0.05, 0.1) is 0 Å². The van der Waals surface area contributed by atoms with E-state index in [2.05, 4.69) is 50.0 Å². The van der Waals surface area contributed by atoms with E-state index in [1.807, 2.05) is 12.3 Å². The van der Waals surface area contributed by atoms with Gasteiger partial charge < -0.3 is 4.74 Å². The van der Waals surface area contributed by atoms with Gasteiger partial charge in [0, 0.05) is 12.3 Å². The summed E-state index contributed by atoms with van der Waals surface area (Å²) in [4.78, 5) is 4.43. The second kappa shape index (κ2) is 5.51. The van der Waals surface area contributed by atoms with Crippen LogP contribution >= 0.6 is 0 Å². The molecular weight excluding hydrogens is 258 g/mol. The number of aryl methyl sites for hydroxylation is 2. The lowest BCUT2D eigenvalue weighted by Gasteiger charge is -2.19. The van der Waals surface area contributed by atoms with Crippen molar-refractivity contribution in [1.82, 2.24) is 4.98 Å². The summed E-state index contributed by atoms with van der Waals surface area (Å²) in [6.45, 7) is 6.57. The van der Waals surface area contributed by atoms with E-state index >= 15 is 0 Å². The Morgan fingerprint density at radius 3 is 2.38 bits per heavy atom. The molecule has 2 nitrogen and oxygen atoms in total. The number of fused-ring (bicyclic) bond motifs is 1. The van der Waals surface area contributed by atoms with E-state index in [4.69, 9.17) is 4.74 Å². The predicted octanol–water partition coefficient (Wildman–Crippen LogP) is 5.05. The van der Waals surface area contributed by atoms with Crippen molar-refractivity contribution in [2.75, 3.05) is 0 Å². The van der Waals surface area contributed by atoms with Crippen LogP contribution in [0.5, 0.6) is 11.6 Å². The first-order valence-electron chi connectivity index (χ1n) is 7.78. The third-order valence-electron chi connectivity index (χ3n) is 4.14. The number of hydrogen-bond donors (Lipinski definition) is 0. The molecule has 21 heavy (non-hydrogen) atoms. The highest BCUT2D eigenvalue weighted by atomic mass is 16.5. The maximum Gasteiger partial charge on any atom is 0.219 e. The monoisotopic (exact) mass is 281 g/mol. The third-order valence-corrected chi connectivity index (χ3v) is 4.14. The highest BCUT2D eigenvalue weighted by Gasteiger charge is 2.14. The van der Waals surface area contributed by atoms with Crippen molar-refractivity contribution in [3.8, 4) is 11.6 Å². The summed E-state index contributed by atoms with van der Waals surface area (Å²) < 4.78 is 5.90. The van der Waals surface area contributed by atoms with Crippen molar-refractivity contribution >= 4 is 0 Å². The van der Waals surface area contributed by atoms with Crippen LogP contribution in [0.4, 0.5) is 0 Å². The van der Waals surface area contributed by atoms with E-state index in [0.29, 0.717) is 5.88 Å². The van der Waals surface area contributed by atoms with Gasteiger partial charge in [0.1, 0.15) is 5.75 Å². The Labute approximate surface area is 127 Å². The lowest BCUT2D eigenvalue weighted by atomic mass is 9.88. The molecular formula is C19H23NO. The number of hydrogen-bond acceptors (Lipinski definition) is 2. The molecule has 0 amide bonds. The second-order valence-electron chi connectivity index (χ2n) is 6.87. The number of rotatable bonds is 2. The first-order chi connectivity index (χ1) is 10.0. The first kappa shape index (κ1) is 14.1. The van der Waals surface area contributed by atoms with Crippen LogP contribution in [0.3, 0.4) is 0 Å². The molecule has 0 saturated heterocycles. The number of ether oxygens (including phenoxy) is 1. The van der Waals surface area contributed by atoms with E-state index in [9.17, 15) is 0 Å². The van der Waals surface area contributed by atoms with E-state index in [0.717, 1.165) is 5.75 Å². The molecule has 0 atom stereocenters. The Balaban J connectivity index is 1.77. The topological polar surface area (TPSA) is 22.1 Å². The maximum atomic E-state index is 5.90. The summed E-state index contributed by atoms with van der Waals surface area (Å²) in [5, 5.41) is 0.